The van der Waals surface area contributed by atoms with E-state index in [9.17, 15) is 0 Å². The molecule has 0 aromatic carbocycles. The number of rotatable bonds is 3. The molecule has 2 heteroatoms. The van der Waals surface area contributed by atoms with Gasteiger partial charge in [-0.05, 0) is 5.92 Å². The van der Waals surface area contributed by atoms with Crippen molar-refractivity contribution in [3.05, 3.63) is 0 Å². The SMILES string of the molecule is C=NOCC(C)C. The fraction of sp³-hybridized carbons (Fsp3) is 0.800. The zero-order chi connectivity index (χ0) is 5.70. The van der Waals surface area contributed by atoms with Crippen LogP contribution in [0.1, 0.15) is 13.8 Å². The zero-order valence-electron chi connectivity index (χ0n) is 4.85. The van der Waals surface area contributed by atoms with E-state index in [0.717, 1.165) is 0 Å². The third-order valence-corrected chi connectivity index (χ3v) is 0.499. The first-order valence-electron chi connectivity index (χ1n) is 2.35. The predicted octanol–water partition coefficient (Wildman–Crippen LogP) is 1.27. The molecule has 0 heterocycles. The van der Waals surface area contributed by atoms with Crippen LogP contribution in [0.4, 0.5) is 0 Å². The van der Waals surface area contributed by atoms with Gasteiger partial charge in [0.15, 0.2) is 0 Å². The van der Waals surface area contributed by atoms with Gasteiger partial charge in [0.25, 0.3) is 0 Å². The van der Waals surface area contributed by atoms with Crippen molar-refractivity contribution in [3.8, 4) is 0 Å². The van der Waals surface area contributed by atoms with Gasteiger partial charge in [-0.2, -0.15) is 0 Å². The van der Waals surface area contributed by atoms with Gasteiger partial charge in [-0.15, -0.1) is 5.16 Å². The first-order chi connectivity index (χ1) is 3.27. The maximum absolute atomic E-state index is 4.61. The third kappa shape index (κ3) is 5.47. The summed E-state index contributed by atoms with van der Waals surface area (Å²) in [7, 11) is 0. The minimum absolute atomic E-state index is 0.547. The molecule has 0 spiro atoms. The lowest BCUT2D eigenvalue weighted by Gasteiger charge is -1.98. The Hall–Kier alpha value is -0.530. The quantitative estimate of drug-likeness (QED) is 0.387. The molecule has 0 unspecified atom stereocenters. The normalized spacial score (nSPS) is 9.00. The molecule has 0 saturated heterocycles. The highest BCUT2D eigenvalue weighted by Crippen LogP contribution is 1.90. The highest BCUT2D eigenvalue weighted by molar-refractivity contribution is 5.21. The van der Waals surface area contributed by atoms with Crippen molar-refractivity contribution in [1.29, 1.82) is 0 Å². The molecule has 0 saturated carbocycles. The molecular weight excluding hydrogens is 90.1 g/mol. The lowest BCUT2D eigenvalue weighted by atomic mass is 10.2. The summed E-state index contributed by atoms with van der Waals surface area (Å²) in [5, 5.41) is 3.23. The van der Waals surface area contributed by atoms with E-state index in [4.69, 9.17) is 0 Å². The summed E-state index contributed by atoms with van der Waals surface area (Å²) in [5.74, 6) is 0.547. The molecule has 0 aliphatic rings. The van der Waals surface area contributed by atoms with Gasteiger partial charge in [0.1, 0.15) is 6.61 Å². The van der Waals surface area contributed by atoms with E-state index < -0.39 is 0 Å². The smallest absolute Gasteiger partial charge is 0.119 e. The van der Waals surface area contributed by atoms with E-state index in [1.54, 1.807) is 0 Å². The van der Waals surface area contributed by atoms with Gasteiger partial charge in [0.2, 0.25) is 0 Å². The van der Waals surface area contributed by atoms with Crippen molar-refractivity contribution < 1.29 is 4.84 Å². The van der Waals surface area contributed by atoms with Crippen LogP contribution in [0.15, 0.2) is 5.16 Å². The number of oxime groups is 1. The number of hydrogen-bond donors (Lipinski definition) is 0. The summed E-state index contributed by atoms with van der Waals surface area (Å²) in [6.07, 6.45) is 0. The molecule has 0 N–H and O–H groups in total. The Bertz CT molecular complexity index is 52.0. The van der Waals surface area contributed by atoms with Crippen molar-refractivity contribution in [3.63, 3.8) is 0 Å². The van der Waals surface area contributed by atoms with Crippen LogP contribution in [0.2, 0.25) is 0 Å². The molecule has 0 atom stereocenters. The molecule has 2 nitrogen and oxygen atoms in total. The summed E-state index contributed by atoms with van der Waals surface area (Å²) >= 11 is 0. The van der Waals surface area contributed by atoms with Crippen molar-refractivity contribution in [2.75, 3.05) is 6.61 Å². The van der Waals surface area contributed by atoms with Crippen LogP contribution >= 0.6 is 0 Å². The predicted molar refractivity (Wildman–Crippen MR) is 30.3 cm³/mol. The number of hydrogen-bond acceptors (Lipinski definition) is 2. The maximum Gasteiger partial charge on any atom is 0.119 e. The lowest BCUT2D eigenvalue weighted by Crippen LogP contribution is -1.95. The second kappa shape index (κ2) is 3.65. The van der Waals surface area contributed by atoms with Crippen LogP contribution in [-0.2, 0) is 4.84 Å². The van der Waals surface area contributed by atoms with E-state index >= 15 is 0 Å². The lowest BCUT2D eigenvalue weighted by molar-refractivity contribution is 0.121. The largest absolute Gasteiger partial charge is 0.396 e. The van der Waals surface area contributed by atoms with E-state index in [1.807, 2.05) is 0 Å². The van der Waals surface area contributed by atoms with Crippen molar-refractivity contribution >= 4 is 6.72 Å². The van der Waals surface area contributed by atoms with E-state index in [2.05, 4.69) is 30.6 Å². The fourth-order valence-electron chi connectivity index (χ4n) is 0.202. The highest BCUT2D eigenvalue weighted by atomic mass is 16.6. The van der Waals surface area contributed by atoms with E-state index in [1.165, 1.54) is 0 Å². The Morgan fingerprint density at radius 1 is 1.71 bits per heavy atom. The van der Waals surface area contributed by atoms with Crippen LogP contribution in [0.5, 0.6) is 0 Å². The second-order valence-corrected chi connectivity index (χ2v) is 1.82. The average molecular weight is 101 g/mol. The van der Waals surface area contributed by atoms with E-state index in [0.29, 0.717) is 12.5 Å². The Balaban J connectivity index is 2.81. The molecule has 0 aliphatic carbocycles. The molecular formula is C5H11NO. The van der Waals surface area contributed by atoms with Crippen LogP contribution in [0, 0.1) is 5.92 Å². The Morgan fingerprint density at radius 3 is 2.43 bits per heavy atom. The van der Waals surface area contributed by atoms with Crippen LogP contribution < -0.4 is 0 Å². The van der Waals surface area contributed by atoms with Crippen LogP contribution in [0.3, 0.4) is 0 Å². The van der Waals surface area contributed by atoms with Crippen molar-refractivity contribution in [2.24, 2.45) is 11.1 Å². The standard InChI is InChI=1S/C5H11NO/c1-5(2)4-7-6-3/h5H,3-4H2,1-2H3. The summed E-state index contributed by atoms with van der Waals surface area (Å²) in [6, 6.07) is 0. The second-order valence-electron chi connectivity index (χ2n) is 1.82. The molecule has 7 heavy (non-hydrogen) atoms. The topological polar surface area (TPSA) is 21.6 Å². The molecule has 0 rings (SSSR count). The molecule has 0 fully saturated rings. The molecule has 0 amide bonds. The van der Waals surface area contributed by atoms with Gasteiger partial charge in [0.05, 0.1) is 0 Å². The minimum atomic E-state index is 0.547. The first-order valence-corrected chi connectivity index (χ1v) is 2.35. The fourth-order valence-corrected chi connectivity index (χ4v) is 0.202. The van der Waals surface area contributed by atoms with Crippen LogP contribution in [-0.4, -0.2) is 13.3 Å². The van der Waals surface area contributed by atoms with Gasteiger partial charge < -0.3 is 4.84 Å². The molecule has 42 valence electrons. The van der Waals surface area contributed by atoms with Gasteiger partial charge >= 0.3 is 0 Å². The minimum Gasteiger partial charge on any atom is -0.396 e. The van der Waals surface area contributed by atoms with Gasteiger partial charge in [-0.1, -0.05) is 13.8 Å². The Labute approximate surface area is 44.2 Å². The van der Waals surface area contributed by atoms with Crippen molar-refractivity contribution in [1.82, 2.24) is 0 Å². The molecule has 0 radical (unpaired) electrons. The van der Waals surface area contributed by atoms with E-state index in [-0.39, 0.29) is 0 Å². The molecule has 0 aromatic heterocycles. The summed E-state index contributed by atoms with van der Waals surface area (Å²) < 4.78 is 0. The third-order valence-electron chi connectivity index (χ3n) is 0.499. The van der Waals surface area contributed by atoms with Gasteiger partial charge in [-0.25, -0.2) is 0 Å². The molecule has 0 aliphatic heterocycles. The number of nitrogens with zero attached hydrogens (tertiary/aromatic N) is 1. The summed E-state index contributed by atoms with van der Waals surface area (Å²) in [5.41, 5.74) is 0. The summed E-state index contributed by atoms with van der Waals surface area (Å²) in [6.45, 7) is 7.95. The molecule has 0 aromatic rings. The van der Waals surface area contributed by atoms with Gasteiger partial charge in [-0.3, -0.25) is 0 Å². The first kappa shape index (κ1) is 6.47. The molecule has 0 bridgehead atoms. The van der Waals surface area contributed by atoms with Gasteiger partial charge in [0, 0.05) is 6.72 Å². The summed E-state index contributed by atoms with van der Waals surface area (Å²) in [4.78, 5) is 4.61. The Morgan fingerprint density at radius 2 is 2.29 bits per heavy atom. The van der Waals surface area contributed by atoms with Crippen LogP contribution in [0.25, 0.3) is 0 Å². The maximum atomic E-state index is 4.61. The average Bonchev–Trinajstić information content (AvgIpc) is 1.61. The Kier molecular flexibility index (Phi) is 3.38. The van der Waals surface area contributed by atoms with Crippen molar-refractivity contribution in [2.45, 2.75) is 13.8 Å². The monoisotopic (exact) mass is 101 g/mol. The highest BCUT2D eigenvalue weighted by Gasteiger charge is 1.88. The zero-order valence-corrected chi connectivity index (χ0v) is 4.85.